The van der Waals surface area contributed by atoms with E-state index in [1.165, 1.54) is 5.01 Å². The molecule has 6 heteroatoms. The summed E-state index contributed by atoms with van der Waals surface area (Å²) in [7, 11) is 0. The number of nitrogens with zero attached hydrogens (tertiary/aromatic N) is 3. The molecule has 2 fully saturated rings. The zero-order valence-corrected chi connectivity index (χ0v) is 13.8. The maximum atomic E-state index is 6.14. The fraction of sp³-hybridized carbons (Fsp3) is 0.529. The van der Waals surface area contributed by atoms with Crippen molar-refractivity contribution in [3.63, 3.8) is 0 Å². The van der Waals surface area contributed by atoms with Gasteiger partial charge in [-0.2, -0.15) is 0 Å². The molecular weight excluding hydrogens is 310 g/mol. The van der Waals surface area contributed by atoms with Gasteiger partial charge >= 0.3 is 0 Å². The van der Waals surface area contributed by atoms with E-state index >= 15 is 0 Å². The number of hydrogen-bond donors (Lipinski definition) is 0. The van der Waals surface area contributed by atoms with E-state index < -0.39 is 0 Å². The van der Waals surface area contributed by atoms with Crippen LogP contribution in [0.25, 0.3) is 0 Å². The van der Waals surface area contributed by atoms with Crippen LogP contribution in [-0.4, -0.2) is 46.3 Å². The predicted molar refractivity (Wildman–Crippen MR) is 88.1 cm³/mol. The quantitative estimate of drug-likeness (QED) is 0.842. The normalized spacial score (nSPS) is 27.9. The first kappa shape index (κ1) is 15.2. The third kappa shape index (κ3) is 3.45. The summed E-state index contributed by atoms with van der Waals surface area (Å²) in [4.78, 5) is 11.1. The van der Waals surface area contributed by atoms with Crippen molar-refractivity contribution >= 4 is 11.3 Å². The fourth-order valence-electron chi connectivity index (χ4n) is 3.56. The van der Waals surface area contributed by atoms with Crippen molar-refractivity contribution in [1.82, 2.24) is 14.9 Å². The van der Waals surface area contributed by atoms with Gasteiger partial charge in [0.2, 0.25) is 0 Å². The van der Waals surface area contributed by atoms with Crippen molar-refractivity contribution in [1.29, 1.82) is 0 Å². The molecule has 0 aromatic carbocycles. The SMILES string of the molecule is c1cncc(CO[C@@H]2CC[C@H]3[C@H]2OCCN3Cc2nccs2)c1. The fourth-order valence-corrected chi connectivity index (χ4v) is 4.20. The molecule has 3 heterocycles. The highest BCUT2D eigenvalue weighted by atomic mass is 32.1. The minimum absolute atomic E-state index is 0.180. The molecule has 2 aromatic heterocycles. The summed E-state index contributed by atoms with van der Waals surface area (Å²) >= 11 is 1.73. The molecule has 0 bridgehead atoms. The highest BCUT2D eigenvalue weighted by Crippen LogP contribution is 2.33. The van der Waals surface area contributed by atoms with Gasteiger partial charge in [-0.05, 0) is 24.5 Å². The summed E-state index contributed by atoms with van der Waals surface area (Å²) in [5.41, 5.74) is 1.12. The van der Waals surface area contributed by atoms with E-state index in [1.54, 1.807) is 17.5 Å². The second kappa shape index (κ2) is 7.05. The van der Waals surface area contributed by atoms with Gasteiger partial charge in [-0.25, -0.2) is 4.98 Å². The highest BCUT2D eigenvalue weighted by Gasteiger charge is 2.43. The van der Waals surface area contributed by atoms with E-state index in [4.69, 9.17) is 9.47 Å². The third-order valence-electron chi connectivity index (χ3n) is 4.66. The zero-order valence-electron chi connectivity index (χ0n) is 13.0. The Morgan fingerprint density at radius 3 is 3.17 bits per heavy atom. The predicted octanol–water partition coefficient (Wildman–Crippen LogP) is 2.49. The van der Waals surface area contributed by atoms with Crippen LogP contribution in [0.15, 0.2) is 36.1 Å². The van der Waals surface area contributed by atoms with Gasteiger partial charge in [-0.15, -0.1) is 11.3 Å². The molecule has 2 aliphatic rings. The number of thiazole rings is 1. The molecular formula is C17H21N3O2S. The number of rotatable bonds is 5. The molecule has 23 heavy (non-hydrogen) atoms. The summed E-state index contributed by atoms with van der Waals surface area (Å²) in [6.07, 6.45) is 8.09. The number of pyridine rings is 1. The Labute approximate surface area is 140 Å². The molecule has 0 unspecified atom stereocenters. The maximum Gasteiger partial charge on any atom is 0.107 e. The molecule has 1 saturated heterocycles. The Morgan fingerprint density at radius 2 is 2.35 bits per heavy atom. The van der Waals surface area contributed by atoms with Crippen molar-refractivity contribution in [3.8, 4) is 0 Å². The van der Waals surface area contributed by atoms with Crippen LogP contribution >= 0.6 is 11.3 Å². The smallest absolute Gasteiger partial charge is 0.107 e. The van der Waals surface area contributed by atoms with Crippen LogP contribution in [0.5, 0.6) is 0 Å². The Balaban J connectivity index is 1.37. The molecule has 5 nitrogen and oxygen atoms in total. The molecule has 0 spiro atoms. The Hall–Kier alpha value is -1.34. The standard InChI is InChI=1S/C17H21N3O2S/c1-2-13(10-18-5-1)12-22-15-4-3-14-17(15)21-8-7-20(14)11-16-19-6-9-23-16/h1-2,5-6,9-10,14-15,17H,3-4,7-8,11-12H2/t14-,15+,17+/m0/s1. The third-order valence-corrected chi connectivity index (χ3v) is 5.42. The largest absolute Gasteiger partial charge is 0.373 e. The van der Waals surface area contributed by atoms with Gasteiger partial charge in [0, 0.05) is 36.6 Å². The molecule has 1 aliphatic heterocycles. The van der Waals surface area contributed by atoms with E-state index in [1.807, 2.05) is 23.8 Å². The van der Waals surface area contributed by atoms with Gasteiger partial charge in [0.25, 0.3) is 0 Å². The van der Waals surface area contributed by atoms with Crippen molar-refractivity contribution < 1.29 is 9.47 Å². The Morgan fingerprint density at radius 1 is 1.35 bits per heavy atom. The van der Waals surface area contributed by atoms with Crippen molar-refractivity contribution in [2.75, 3.05) is 13.2 Å². The summed E-state index contributed by atoms with van der Waals surface area (Å²) < 4.78 is 12.2. The monoisotopic (exact) mass is 331 g/mol. The van der Waals surface area contributed by atoms with Crippen LogP contribution in [-0.2, 0) is 22.6 Å². The first-order valence-electron chi connectivity index (χ1n) is 8.15. The number of fused-ring (bicyclic) bond motifs is 1. The first-order valence-corrected chi connectivity index (χ1v) is 9.02. The average molecular weight is 331 g/mol. The van der Waals surface area contributed by atoms with E-state index in [2.05, 4.69) is 20.9 Å². The van der Waals surface area contributed by atoms with Gasteiger partial charge in [0.15, 0.2) is 0 Å². The summed E-state index contributed by atoms with van der Waals surface area (Å²) in [5, 5.41) is 3.23. The second-order valence-corrected chi connectivity index (χ2v) is 7.07. The lowest BCUT2D eigenvalue weighted by atomic mass is 10.1. The molecule has 122 valence electrons. The van der Waals surface area contributed by atoms with Crippen LogP contribution in [0.1, 0.15) is 23.4 Å². The number of ether oxygens (including phenoxy) is 2. The number of morpholine rings is 1. The van der Waals surface area contributed by atoms with Crippen LogP contribution in [0.2, 0.25) is 0 Å². The minimum atomic E-state index is 0.180. The van der Waals surface area contributed by atoms with Crippen molar-refractivity contribution in [2.45, 2.75) is 44.2 Å². The van der Waals surface area contributed by atoms with Gasteiger partial charge < -0.3 is 9.47 Å². The first-order chi connectivity index (χ1) is 11.4. The Kier molecular flexibility index (Phi) is 4.66. The summed E-state index contributed by atoms with van der Waals surface area (Å²) in [5.74, 6) is 0. The number of hydrogen-bond acceptors (Lipinski definition) is 6. The second-order valence-electron chi connectivity index (χ2n) is 6.09. The topological polar surface area (TPSA) is 47.5 Å². The molecule has 2 aromatic rings. The van der Waals surface area contributed by atoms with Gasteiger partial charge in [0.05, 0.1) is 32.0 Å². The zero-order chi connectivity index (χ0) is 15.5. The van der Waals surface area contributed by atoms with Crippen LogP contribution in [0.4, 0.5) is 0 Å². The molecule has 1 saturated carbocycles. The molecule has 1 aliphatic carbocycles. The van der Waals surface area contributed by atoms with Crippen LogP contribution in [0, 0.1) is 0 Å². The van der Waals surface area contributed by atoms with Crippen molar-refractivity contribution in [2.24, 2.45) is 0 Å². The maximum absolute atomic E-state index is 6.14. The lowest BCUT2D eigenvalue weighted by Gasteiger charge is -2.38. The molecule has 3 atom stereocenters. The molecule has 0 amide bonds. The average Bonchev–Trinajstić information content (AvgIpc) is 3.24. The van der Waals surface area contributed by atoms with Crippen LogP contribution < -0.4 is 0 Å². The van der Waals surface area contributed by atoms with E-state index in [0.29, 0.717) is 12.6 Å². The summed E-state index contributed by atoms with van der Waals surface area (Å²) in [6.45, 7) is 3.30. The molecule has 0 N–H and O–H groups in total. The Bertz CT molecular complexity index is 608. The summed E-state index contributed by atoms with van der Waals surface area (Å²) in [6, 6.07) is 4.45. The van der Waals surface area contributed by atoms with Gasteiger partial charge in [-0.3, -0.25) is 9.88 Å². The number of aromatic nitrogens is 2. The lowest BCUT2D eigenvalue weighted by Crippen LogP contribution is -2.51. The van der Waals surface area contributed by atoms with E-state index in [-0.39, 0.29) is 12.2 Å². The van der Waals surface area contributed by atoms with Crippen molar-refractivity contribution in [3.05, 3.63) is 46.7 Å². The molecule has 4 rings (SSSR count). The highest BCUT2D eigenvalue weighted by molar-refractivity contribution is 7.09. The lowest BCUT2D eigenvalue weighted by molar-refractivity contribution is -0.118. The van der Waals surface area contributed by atoms with Gasteiger partial charge in [-0.1, -0.05) is 6.07 Å². The molecule has 0 radical (unpaired) electrons. The minimum Gasteiger partial charge on any atom is -0.373 e. The van der Waals surface area contributed by atoms with E-state index in [9.17, 15) is 0 Å². The van der Waals surface area contributed by atoms with Crippen LogP contribution in [0.3, 0.4) is 0 Å². The van der Waals surface area contributed by atoms with E-state index in [0.717, 1.165) is 38.1 Å². The van der Waals surface area contributed by atoms with Gasteiger partial charge in [0.1, 0.15) is 5.01 Å².